The number of carbonyl (C=O) groups excluding carboxylic acids is 3. The topological polar surface area (TPSA) is 91.9 Å². The van der Waals surface area contributed by atoms with Gasteiger partial charge in [0.25, 0.3) is 0 Å². The number of carbonyl (C=O) groups is 3. The molecule has 1 saturated heterocycles. The summed E-state index contributed by atoms with van der Waals surface area (Å²) >= 11 is 0. The summed E-state index contributed by atoms with van der Waals surface area (Å²) < 4.78 is 0. The van der Waals surface area contributed by atoms with Gasteiger partial charge in [0.1, 0.15) is 6.29 Å². The van der Waals surface area contributed by atoms with Gasteiger partial charge in [0.15, 0.2) is 0 Å². The quantitative estimate of drug-likeness (QED) is 0.617. The largest absolute Gasteiger partial charge is 0.298 e. The van der Waals surface area contributed by atoms with Crippen molar-refractivity contribution in [3.8, 4) is 0 Å². The molecule has 96 valence electrons. The number of aldehydes is 1. The first kappa shape index (κ1) is 11.6. The molecular formula is C13H11N3O3. The Labute approximate surface area is 108 Å². The summed E-state index contributed by atoms with van der Waals surface area (Å²) in [6.45, 7) is 0. The van der Waals surface area contributed by atoms with Crippen LogP contribution in [0.2, 0.25) is 0 Å². The van der Waals surface area contributed by atoms with Gasteiger partial charge in [-0.2, -0.15) is 5.10 Å². The van der Waals surface area contributed by atoms with E-state index in [9.17, 15) is 14.4 Å². The third kappa shape index (κ3) is 1.91. The molecule has 1 atom stereocenters. The van der Waals surface area contributed by atoms with Gasteiger partial charge in [0.05, 0.1) is 17.1 Å². The summed E-state index contributed by atoms with van der Waals surface area (Å²) in [5, 5.41) is 10.0. The number of nitrogens with one attached hydrogen (secondary N) is 2. The number of rotatable bonds is 2. The molecule has 2 amide bonds. The second kappa shape index (κ2) is 4.31. The Bertz CT molecular complexity index is 689. The lowest BCUT2D eigenvalue weighted by molar-refractivity contribution is -0.134. The van der Waals surface area contributed by atoms with E-state index in [0.717, 1.165) is 11.7 Å². The Balaban J connectivity index is 2.07. The van der Waals surface area contributed by atoms with E-state index in [1.165, 1.54) is 0 Å². The second-order valence-corrected chi connectivity index (χ2v) is 4.54. The highest BCUT2D eigenvalue weighted by Gasteiger charge is 2.30. The van der Waals surface area contributed by atoms with Crippen molar-refractivity contribution in [2.45, 2.75) is 18.8 Å². The van der Waals surface area contributed by atoms with Gasteiger partial charge in [-0.05, 0) is 24.6 Å². The molecule has 3 rings (SSSR count). The minimum absolute atomic E-state index is 0.251. The fraction of sp³-hybridized carbons (Fsp3) is 0.231. The molecule has 0 radical (unpaired) electrons. The SMILES string of the molecule is O=Cc1ccc2n[nH]c(C3CCC(=O)NC3=O)c2c1. The van der Waals surface area contributed by atoms with E-state index in [2.05, 4.69) is 15.5 Å². The van der Waals surface area contributed by atoms with E-state index in [0.29, 0.717) is 29.6 Å². The molecule has 0 saturated carbocycles. The summed E-state index contributed by atoms with van der Waals surface area (Å²) in [4.78, 5) is 33.8. The molecule has 1 aliphatic rings. The van der Waals surface area contributed by atoms with Crippen LogP contribution in [0.5, 0.6) is 0 Å². The van der Waals surface area contributed by atoms with E-state index >= 15 is 0 Å². The molecule has 2 aromatic rings. The number of H-pyrrole nitrogens is 1. The third-order valence-electron chi connectivity index (χ3n) is 3.33. The zero-order chi connectivity index (χ0) is 13.4. The number of aromatic amines is 1. The highest BCUT2D eigenvalue weighted by Crippen LogP contribution is 2.29. The van der Waals surface area contributed by atoms with Gasteiger partial charge in [-0.15, -0.1) is 0 Å². The molecule has 19 heavy (non-hydrogen) atoms. The molecule has 1 fully saturated rings. The summed E-state index contributed by atoms with van der Waals surface area (Å²) in [6, 6.07) is 5.10. The van der Waals surface area contributed by atoms with Crippen molar-refractivity contribution in [1.29, 1.82) is 0 Å². The lowest BCUT2D eigenvalue weighted by Crippen LogP contribution is -2.39. The number of hydrogen-bond acceptors (Lipinski definition) is 4. The molecule has 0 aliphatic carbocycles. The van der Waals surface area contributed by atoms with Crippen LogP contribution in [0.4, 0.5) is 0 Å². The number of nitrogens with zero attached hydrogens (tertiary/aromatic N) is 1. The summed E-state index contributed by atoms with van der Waals surface area (Å²) in [7, 11) is 0. The van der Waals surface area contributed by atoms with E-state index in [1.807, 2.05) is 0 Å². The first-order valence-corrected chi connectivity index (χ1v) is 5.96. The number of fused-ring (bicyclic) bond motifs is 1. The third-order valence-corrected chi connectivity index (χ3v) is 3.33. The van der Waals surface area contributed by atoms with Crippen molar-refractivity contribution in [2.75, 3.05) is 0 Å². The van der Waals surface area contributed by atoms with Crippen LogP contribution in [0.15, 0.2) is 18.2 Å². The van der Waals surface area contributed by atoms with E-state index in [1.54, 1.807) is 18.2 Å². The Kier molecular flexibility index (Phi) is 2.63. The molecule has 1 aliphatic heterocycles. The van der Waals surface area contributed by atoms with Crippen molar-refractivity contribution < 1.29 is 14.4 Å². The molecule has 6 heteroatoms. The zero-order valence-corrected chi connectivity index (χ0v) is 9.97. The lowest BCUT2D eigenvalue weighted by Gasteiger charge is -2.19. The summed E-state index contributed by atoms with van der Waals surface area (Å²) in [5.74, 6) is -0.999. The molecular weight excluding hydrogens is 246 g/mol. The maximum atomic E-state index is 11.9. The molecule has 6 nitrogen and oxygen atoms in total. The minimum Gasteiger partial charge on any atom is -0.298 e. The van der Waals surface area contributed by atoms with Gasteiger partial charge in [-0.3, -0.25) is 24.8 Å². The predicted molar refractivity (Wildman–Crippen MR) is 66.6 cm³/mol. The number of amides is 2. The van der Waals surface area contributed by atoms with Crippen LogP contribution in [0, 0.1) is 0 Å². The highest BCUT2D eigenvalue weighted by molar-refractivity contribution is 6.02. The standard InChI is InChI=1S/C13H11N3O3/c17-6-7-1-3-10-9(5-7)12(16-15-10)8-2-4-11(18)14-13(8)19/h1,3,5-6,8H,2,4H2,(H,15,16)(H,14,18,19). The van der Waals surface area contributed by atoms with Crippen LogP contribution in [0.1, 0.15) is 34.8 Å². The van der Waals surface area contributed by atoms with E-state index in [-0.39, 0.29) is 11.8 Å². The molecule has 0 bridgehead atoms. The Morgan fingerprint density at radius 1 is 1.32 bits per heavy atom. The summed E-state index contributed by atoms with van der Waals surface area (Å²) in [5.41, 5.74) is 1.89. The van der Waals surface area contributed by atoms with Crippen LogP contribution in [-0.2, 0) is 9.59 Å². The first-order valence-electron chi connectivity index (χ1n) is 5.96. The van der Waals surface area contributed by atoms with E-state index in [4.69, 9.17) is 0 Å². The van der Waals surface area contributed by atoms with Crippen molar-refractivity contribution in [2.24, 2.45) is 0 Å². The lowest BCUT2D eigenvalue weighted by atomic mass is 9.92. The van der Waals surface area contributed by atoms with Gasteiger partial charge >= 0.3 is 0 Å². The zero-order valence-electron chi connectivity index (χ0n) is 9.97. The van der Waals surface area contributed by atoms with Gasteiger partial charge in [0, 0.05) is 17.4 Å². The fourth-order valence-corrected chi connectivity index (χ4v) is 2.36. The average molecular weight is 257 g/mol. The van der Waals surface area contributed by atoms with Crippen LogP contribution in [0.3, 0.4) is 0 Å². The average Bonchev–Trinajstić information content (AvgIpc) is 2.81. The maximum Gasteiger partial charge on any atom is 0.235 e. The second-order valence-electron chi connectivity index (χ2n) is 4.54. The van der Waals surface area contributed by atoms with Gasteiger partial charge in [-0.1, -0.05) is 0 Å². The number of imide groups is 1. The number of piperidine rings is 1. The van der Waals surface area contributed by atoms with Crippen LogP contribution >= 0.6 is 0 Å². The van der Waals surface area contributed by atoms with Crippen molar-refractivity contribution in [3.63, 3.8) is 0 Å². The summed E-state index contributed by atoms with van der Waals surface area (Å²) in [6.07, 6.45) is 1.51. The number of benzene rings is 1. The monoisotopic (exact) mass is 257 g/mol. The van der Waals surface area contributed by atoms with Crippen molar-refractivity contribution in [3.05, 3.63) is 29.5 Å². The van der Waals surface area contributed by atoms with Crippen LogP contribution < -0.4 is 5.32 Å². The predicted octanol–water partition coefficient (Wildman–Crippen LogP) is 0.896. The number of aromatic nitrogens is 2. The van der Waals surface area contributed by atoms with Gasteiger partial charge in [-0.25, -0.2) is 0 Å². The van der Waals surface area contributed by atoms with Gasteiger partial charge in [0.2, 0.25) is 11.8 Å². The van der Waals surface area contributed by atoms with Crippen LogP contribution in [-0.4, -0.2) is 28.3 Å². The molecule has 0 spiro atoms. The normalized spacial score (nSPS) is 19.5. The minimum atomic E-state index is -0.426. The molecule has 1 unspecified atom stereocenters. The molecule has 2 heterocycles. The Morgan fingerprint density at radius 3 is 2.89 bits per heavy atom. The highest BCUT2D eigenvalue weighted by atomic mass is 16.2. The van der Waals surface area contributed by atoms with Gasteiger partial charge < -0.3 is 0 Å². The molecule has 2 N–H and O–H groups in total. The first-order chi connectivity index (χ1) is 9.19. The van der Waals surface area contributed by atoms with Crippen molar-refractivity contribution in [1.82, 2.24) is 15.5 Å². The Morgan fingerprint density at radius 2 is 2.16 bits per heavy atom. The molecule has 1 aromatic heterocycles. The maximum absolute atomic E-state index is 11.9. The Hall–Kier alpha value is -2.50. The number of hydrogen-bond donors (Lipinski definition) is 2. The smallest absolute Gasteiger partial charge is 0.235 e. The van der Waals surface area contributed by atoms with E-state index < -0.39 is 5.92 Å². The molecule has 1 aromatic carbocycles. The fourth-order valence-electron chi connectivity index (χ4n) is 2.36. The van der Waals surface area contributed by atoms with Crippen LogP contribution in [0.25, 0.3) is 10.9 Å². The van der Waals surface area contributed by atoms with Crippen molar-refractivity contribution >= 4 is 29.0 Å².